The smallest absolute Gasteiger partial charge is 0.342 e. The second-order valence-electron chi connectivity index (χ2n) is 4.73. The van der Waals surface area contributed by atoms with Crippen molar-refractivity contribution in [2.75, 3.05) is 0 Å². The predicted octanol–water partition coefficient (Wildman–Crippen LogP) is 3.57. The standard InChI is InChI=1S/C17H13FN2O2/c18-14-8-6-13(7-9-14)16-15(10-19-20-16)17(21)22-11-12-4-2-1-3-5-12/h1-10H,11H2,(H,19,20). The van der Waals surface area contributed by atoms with Gasteiger partial charge in [0, 0.05) is 5.56 Å². The second kappa shape index (κ2) is 6.22. The number of nitrogens with one attached hydrogen (secondary N) is 1. The molecule has 0 amide bonds. The summed E-state index contributed by atoms with van der Waals surface area (Å²) in [7, 11) is 0. The zero-order valence-corrected chi connectivity index (χ0v) is 11.6. The average molecular weight is 296 g/mol. The van der Waals surface area contributed by atoms with E-state index in [1.165, 1.54) is 18.3 Å². The van der Waals surface area contributed by atoms with Gasteiger partial charge < -0.3 is 4.74 Å². The number of nitrogens with zero attached hydrogens (tertiary/aromatic N) is 1. The van der Waals surface area contributed by atoms with Gasteiger partial charge in [-0.3, -0.25) is 5.10 Å². The van der Waals surface area contributed by atoms with Gasteiger partial charge in [-0.05, 0) is 29.8 Å². The third kappa shape index (κ3) is 3.03. The fraction of sp³-hybridized carbons (Fsp3) is 0.0588. The Bertz CT molecular complexity index is 767. The van der Waals surface area contributed by atoms with E-state index in [-0.39, 0.29) is 12.4 Å². The van der Waals surface area contributed by atoms with Crippen LogP contribution < -0.4 is 0 Å². The van der Waals surface area contributed by atoms with Gasteiger partial charge in [-0.15, -0.1) is 0 Å². The molecule has 3 aromatic rings. The van der Waals surface area contributed by atoms with E-state index in [1.54, 1.807) is 12.1 Å². The first kappa shape index (κ1) is 14.0. The lowest BCUT2D eigenvalue weighted by Crippen LogP contribution is -2.05. The van der Waals surface area contributed by atoms with E-state index in [0.29, 0.717) is 16.8 Å². The van der Waals surface area contributed by atoms with Crippen LogP contribution in [-0.4, -0.2) is 16.2 Å². The lowest BCUT2D eigenvalue weighted by molar-refractivity contribution is 0.0473. The number of hydrogen-bond acceptors (Lipinski definition) is 3. The molecule has 0 unspecified atom stereocenters. The van der Waals surface area contributed by atoms with Crippen molar-refractivity contribution in [3.05, 3.63) is 77.7 Å². The average Bonchev–Trinajstić information content (AvgIpc) is 3.04. The SMILES string of the molecule is O=C(OCc1ccccc1)c1cn[nH]c1-c1ccc(F)cc1. The van der Waals surface area contributed by atoms with Gasteiger partial charge in [-0.1, -0.05) is 30.3 Å². The highest BCUT2D eigenvalue weighted by Gasteiger charge is 2.16. The first-order valence-electron chi connectivity index (χ1n) is 6.74. The zero-order chi connectivity index (χ0) is 15.4. The number of halogens is 1. The molecule has 4 nitrogen and oxygen atoms in total. The fourth-order valence-electron chi connectivity index (χ4n) is 2.08. The first-order valence-corrected chi connectivity index (χ1v) is 6.74. The minimum Gasteiger partial charge on any atom is -0.457 e. The Morgan fingerprint density at radius 1 is 1.09 bits per heavy atom. The number of esters is 1. The molecular formula is C17H13FN2O2. The number of hydrogen-bond donors (Lipinski definition) is 1. The van der Waals surface area contributed by atoms with Crippen LogP contribution in [0.3, 0.4) is 0 Å². The van der Waals surface area contributed by atoms with E-state index < -0.39 is 5.97 Å². The van der Waals surface area contributed by atoms with Crippen molar-refractivity contribution >= 4 is 5.97 Å². The van der Waals surface area contributed by atoms with Crippen molar-refractivity contribution in [1.82, 2.24) is 10.2 Å². The Kier molecular flexibility index (Phi) is 3.96. The molecule has 110 valence electrons. The monoisotopic (exact) mass is 296 g/mol. The number of rotatable bonds is 4. The van der Waals surface area contributed by atoms with Crippen LogP contribution >= 0.6 is 0 Å². The number of carbonyl (C=O) groups excluding carboxylic acids is 1. The van der Waals surface area contributed by atoms with Crippen LogP contribution in [0.4, 0.5) is 4.39 Å². The maximum absolute atomic E-state index is 13.0. The van der Waals surface area contributed by atoms with E-state index in [2.05, 4.69) is 10.2 Å². The highest BCUT2D eigenvalue weighted by molar-refractivity contribution is 5.95. The highest BCUT2D eigenvalue weighted by atomic mass is 19.1. The number of H-pyrrole nitrogens is 1. The third-order valence-corrected chi connectivity index (χ3v) is 3.20. The van der Waals surface area contributed by atoms with Gasteiger partial charge in [-0.25, -0.2) is 9.18 Å². The summed E-state index contributed by atoms with van der Waals surface area (Å²) in [5.41, 5.74) is 2.41. The molecule has 0 aliphatic rings. The van der Waals surface area contributed by atoms with Crippen LogP contribution in [0.2, 0.25) is 0 Å². The molecule has 0 aliphatic heterocycles. The number of benzene rings is 2. The van der Waals surface area contributed by atoms with Gasteiger partial charge in [0.25, 0.3) is 0 Å². The molecule has 0 fully saturated rings. The molecule has 0 radical (unpaired) electrons. The molecule has 0 atom stereocenters. The Hall–Kier alpha value is -2.95. The largest absolute Gasteiger partial charge is 0.457 e. The van der Waals surface area contributed by atoms with E-state index >= 15 is 0 Å². The van der Waals surface area contributed by atoms with Crippen LogP contribution in [0.25, 0.3) is 11.3 Å². The quantitative estimate of drug-likeness (QED) is 0.749. The van der Waals surface area contributed by atoms with Gasteiger partial charge >= 0.3 is 5.97 Å². The molecule has 1 aromatic heterocycles. The Morgan fingerprint density at radius 3 is 2.55 bits per heavy atom. The Labute approximate surface area is 126 Å². The van der Waals surface area contributed by atoms with Crippen molar-refractivity contribution in [1.29, 1.82) is 0 Å². The van der Waals surface area contributed by atoms with E-state index in [4.69, 9.17) is 4.74 Å². The second-order valence-corrected chi connectivity index (χ2v) is 4.73. The van der Waals surface area contributed by atoms with Gasteiger partial charge in [0.05, 0.1) is 11.9 Å². The van der Waals surface area contributed by atoms with Crippen LogP contribution in [0, 0.1) is 5.82 Å². The fourth-order valence-corrected chi connectivity index (χ4v) is 2.08. The van der Waals surface area contributed by atoms with Crippen molar-refractivity contribution in [2.45, 2.75) is 6.61 Å². The molecule has 0 spiro atoms. The molecule has 2 aromatic carbocycles. The molecule has 3 rings (SSSR count). The Morgan fingerprint density at radius 2 is 1.82 bits per heavy atom. The van der Waals surface area contributed by atoms with Gasteiger partial charge in [0.15, 0.2) is 0 Å². The summed E-state index contributed by atoms with van der Waals surface area (Å²) in [6.07, 6.45) is 1.41. The molecule has 0 saturated heterocycles. The molecule has 5 heteroatoms. The minimum atomic E-state index is -0.475. The minimum absolute atomic E-state index is 0.188. The lowest BCUT2D eigenvalue weighted by Gasteiger charge is -2.05. The van der Waals surface area contributed by atoms with Gasteiger partial charge in [-0.2, -0.15) is 5.10 Å². The molecule has 1 heterocycles. The summed E-state index contributed by atoms with van der Waals surface area (Å²) in [5.74, 6) is -0.812. The van der Waals surface area contributed by atoms with E-state index in [9.17, 15) is 9.18 Å². The van der Waals surface area contributed by atoms with Crippen molar-refractivity contribution in [2.24, 2.45) is 0 Å². The van der Waals surface area contributed by atoms with Crippen LogP contribution in [-0.2, 0) is 11.3 Å². The number of carbonyl (C=O) groups is 1. The maximum atomic E-state index is 13.0. The molecule has 1 N–H and O–H groups in total. The van der Waals surface area contributed by atoms with Crippen LogP contribution in [0.5, 0.6) is 0 Å². The zero-order valence-electron chi connectivity index (χ0n) is 11.6. The van der Waals surface area contributed by atoms with E-state index in [0.717, 1.165) is 5.56 Å². The summed E-state index contributed by atoms with van der Waals surface area (Å²) in [5, 5.41) is 6.62. The van der Waals surface area contributed by atoms with Crippen molar-refractivity contribution in [3.63, 3.8) is 0 Å². The summed E-state index contributed by atoms with van der Waals surface area (Å²) in [6, 6.07) is 15.2. The lowest BCUT2D eigenvalue weighted by atomic mass is 10.1. The maximum Gasteiger partial charge on any atom is 0.342 e. The van der Waals surface area contributed by atoms with Gasteiger partial charge in [0.2, 0.25) is 0 Å². The van der Waals surface area contributed by atoms with Crippen molar-refractivity contribution < 1.29 is 13.9 Å². The molecule has 0 aliphatic carbocycles. The summed E-state index contributed by atoms with van der Waals surface area (Å²) in [6.45, 7) is 0.188. The third-order valence-electron chi connectivity index (χ3n) is 3.20. The van der Waals surface area contributed by atoms with Crippen LogP contribution in [0.15, 0.2) is 60.8 Å². The summed E-state index contributed by atoms with van der Waals surface area (Å²) in [4.78, 5) is 12.2. The molecular weight excluding hydrogens is 283 g/mol. The summed E-state index contributed by atoms with van der Waals surface area (Å²) >= 11 is 0. The number of ether oxygens (including phenoxy) is 1. The molecule has 0 saturated carbocycles. The Balaban J connectivity index is 1.76. The predicted molar refractivity (Wildman–Crippen MR) is 79.5 cm³/mol. The topological polar surface area (TPSA) is 55.0 Å². The molecule has 22 heavy (non-hydrogen) atoms. The van der Waals surface area contributed by atoms with Crippen molar-refractivity contribution in [3.8, 4) is 11.3 Å². The highest BCUT2D eigenvalue weighted by Crippen LogP contribution is 2.22. The number of aromatic nitrogens is 2. The normalized spacial score (nSPS) is 10.4. The first-order chi connectivity index (χ1) is 10.7. The van der Waals surface area contributed by atoms with E-state index in [1.807, 2.05) is 30.3 Å². The van der Waals surface area contributed by atoms with Crippen LogP contribution in [0.1, 0.15) is 15.9 Å². The number of aromatic amines is 1. The molecule has 0 bridgehead atoms. The van der Waals surface area contributed by atoms with Gasteiger partial charge in [0.1, 0.15) is 18.0 Å². The summed E-state index contributed by atoms with van der Waals surface area (Å²) < 4.78 is 18.3.